The van der Waals surface area contributed by atoms with E-state index < -0.39 is 0 Å². The number of halogens is 2. The Balaban J connectivity index is 2.22. The smallest absolute Gasteiger partial charge is 0.255 e. The molecule has 98 valence electrons. The van der Waals surface area contributed by atoms with Gasteiger partial charge in [-0.1, -0.05) is 15.9 Å². The van der Waals surface area contributed by atoms with Gasteiger partial charge in [0.15, 0.2) is 0 Å². The zero-order valence-corrected chi connectivity index (χ0v) is 13.2. The summed E-state index contributed by atoms with van der Waals surface area (Å²) in [6.07, 6.45) is 1.59. The monoisotopic (exact) mass is 383 g/mol. The molecular weight excluding hydrogens is 374 g/mol. The second-order valence-electron chi connectivity index (χ2n) is 3.76. The lowest BCUT2D eigenvalue weighted by Gasteiger charge is -2.08. The molecule has 1 heterocycles. The summed E-state index contributed by atoms with van der Waals surface area (Å²) in [5.41, 5.74) is 1.26. The van der Waals surface area contributed by atoms with Gasteiger partial charge in [-0.05, 0) is 46.3 Å². The summed E-state index contributed by atoms with van der Waals surface area (Å²) in [7, 11) is 1.76. The maximum Gasteiger partial charge on any atom is 0.255 e. The molecule has 1 aromatic heterocycles. The molecule has 0 spiro atoms. The van der Waals surface area contributed by atoms with E-state index in [9.17, 15) is 4.79 Å². The highest BCUT2D eigenvalue weighted by Gasteiger charge is 2.09. The fourth-order valence-corrected chi connectivity index (χ4v) is 2.20. The van der Waals surface area contributed by atoms with E-state index in [4.69, 9.17) is 0 Å². The van der Waals surface area contributed by atoms with E-state index in [-0.39, 0.29) is 5.91 Å². The quantitative estimate of drug-likeness (QED) is 0.843. The number of anilines is 2. The Morgan fingerprint density at radius 3 is 2.74 bits per heavy atom. The fourth-order valence-electron chi connectivity index (χ4n) is 1.50. The predicted octanol–water partition coefficient (Wildman–Crippen LogP) is 3.90. The highest BCUT2D eigenvalue weighted by Crippen LogP contribution is 2.26. The molecule has 6 heteroatoms. The van der Waals surface area contributed by atoms with E-state index in [0.29, 0.717) is 17.1 Å². The Morgan fingerprint density at radius 1 is 1.21 bits per heavy atom. The van der Waals surface area contributed by atoms with Gasteiger partial charge in [0.2, 0.25) is 0 Å². The summed E-state index contributed by atoms with van der Waals surface area (Å²) < 4.78 is 1.73. The van der Waals surface area contributed by atoms with Gasteiger partial charge < -0.3 is 10.6 Å². The molecule has 1 aromatic carbocycles. The Bertz CT molecular complexity index is 617. The third-order valence-corrected chi connectivity index (χ3v) is 3.64. The van der Waals surface area contributed by atoms with Gasteiger partial charge in [-0.25, -0.2) is 4.98 Å². The summed E-state index contributed by atoms with van der Waals surface area (Å²) in [5.74, 6) is 0.471. The number of pyridine rings is 1. The van der Waals surface area contributed by atoms with Crippen molar-refractivity contribution in [2.75, 3.05) is 17.7 Å². The lowest BCUT2D eigenvalue weighted by Crippen LogP contribution is -2.12. The minimum Gasteiger partial charge on any atom is -0.373 e. The first-order valence-corrected chi connectivity index (χ1v) is 7.09. The Kier molecular flexibility index (Phi) is 4.55. The third kappa shape index (κ3) is 3.54. The first-order chi connectivity index (χ1) is 9.10. The van der Waals surface area contributed by atoms with E-state index in [1.54, 1.807) is 25.4 Å². The lowest BCUT2D eigenvalue weighted by atomic mass is 10.2. The fraction of sp³-hybridized carbons (Fsp3) is 0.0769. The van der Waals surface area contributed by atoms with Gasteiger partial charge in [-0.2, -0.15) is 0 Å². The van der Waals surface area contributed by atoms with Gasteiger partial charge in [-0.3, -0.25) is 4.79 Å². The second kappa shape index (κ2) is 6.16. The van der Waals surface area contributed by atoms with E-state index in [0.717, 1.165) is 8.95 Å². The zero-order chi connectivity index (χ0) is 13.8. The molecule has 1 amide bonds. The SMILES string of the molecule is CNc1cc(C(=O)Nc2cc(Br)ccc2Br)ccn1. The number of rotatable bonds is 3. The van der Waals surface area contributed by atoms with Crippen molar-refractivity contribution in [2.24, 2.45) is 0 Å². The average Bonchev–Trinajstić information content (AvgIpc) is 2.43. The van der Waals surface area contributed by atoms with Crippen LogP contribution in [0.1, 0.15) is 10.4 Å². The van der Waals surface area contributed by atoms with Crippen molar-refractivity contribution in [1.29, 1.82) is 0 Å². The summed E-state index contributed by atoms with van der Waals surface area (Å²) in [4.78, 5) is 16.2. The summed E-state index contributed by atoms with van der Waals surface area (Å²) >= 11 is 6.77. The molecule has 2 rings (SSSR count). The number of hydrogen-bond acceptors (Lipinski definition) is 3. The van der Waals surface area contributed by atoms with Crippen LogP contribution in [0.4, 0.5) is 11.5 Å². The van der Waals surface area contributed by atoms with Crippen molar-refractivity contribution in [1.82, 2.24) is 4.98 Å². The second-order valence-corrected chi connectivity index (χ2v) is 5.53. The molecule has 4 nitrogen and oxygen atoms in total. The maximum absolute atomic E-state index is 12.1. The Labute approximate surface area is 127 Å². The molecule has 0 aliphatic heterocycles. The number of carbonyl (C=O) groups is 1. The van der Waals surface area contributed by atoms with Crippen LogP contribution in [0.3, 0.4) is 0 Å². The van der Waals surface area contributed by atoms with Gasteiger partial charge in [0, 0.05) is 27.8 Å². The van der Waals surface area contributed by atoms with Crippen molar-refractivity contribution in [3.05, 3.63) is 51.0 Å². The first-order valence-electron chi connectivity index (χ1n) is 5.50. The minimum atomic E-state index is -0.183. The van der Waals surface area contributed by atoms with E-state index in [1.165, 1.54) is 0 Å². The maximum atomic E-state index is 12.1. The molecule has 0 saturated heterocycles. The molecule has 0 aliphatic rings. The van der Waals surface area contributed by atoms with Crippen LogP contribution in [0.2, 0.25) is 0 Å². The van der Waals surface area contributed by atoms with E-state index in [1.807, 2.05) is 18.2 Å². The molecule has 0 radical (unpaired) electrons. The van der Waals surface area contributed by atoms with Crippen molar-refractivity contribution >= 4 is 49.3 Å². The standard InChI is InChI=1S/C13H11Br2N3O/c1-16-12-6-8(4-5-17-12)13(19)18-11-7-9(14)2-3-10(11)15/h2-7H,1H3,(H,16,17)(H,18,19). The largest absolute Gasteiger partial charge is 0.373 e. The molecule has 0 saturated carbocycles. The molecule has 0 unspecified atom stereocenters. The van der Waals surface area contributed by atoms with E-state index >= 15 is 0 Å². The molecule has 0 bridgehead atoms. The normalized spacial score (nSPS) is 10.1. The van der Waals surface area contributed by atoms with Crippen molar-refractivity contribution < 1.29 is 4.79 Å². The number of nitrogens with one attached hydrogen (secondary N) is 2. The molecule has 2 aromatic rings. The molecule has 0 aliphatic carbocycles. The van der Waals surface area contributed by atoms with Gasteiger partial charge in [0.25, 0.3) is 5.91 Å². The van der Waals surface area contributed by atoms with E-state index in [2.05, 4.69) is 47.5 Å². The number of aromatic nitrogens is 1. The van der Waals surface area contributed by atoms with Crippen LogP contribution in [-0.2, 0) is 0 Å². The highest BCUT2D eigenvalue weighted by molar-refractivity contribution is 9.11. The Morgan fingerprint density at radius 2 is 2.00 bits per heavy atom. The van der Waals surface area contributed by atoms with Crippen LogP contribution >= 0.6 is 31.9 Å². The van der Waals surface area contributed by atoms with Crippen LogP contribution in [0.15, 0.2) is 45.5 Å². The summed E-state index contributed by atoms with van der Waals surface area (Å²) in [5, 5.41) is 5.75. The zero-order valence-electron chi connectivity index (χ0n) is 10.1. The molecule has 19 heavy (non-hydrogen) atoms. The number of amides is 1. The third-order valence-electron chi connectivity index (χ3n) is 2.45. The highest BCUT2D eigenvalue weighted by atomic mass is 79.9. The minimum absolute atomic E-state index is 0.183. The lowest BCUT2D eigenvalue weighted by molar-refractivity contribution is 0.102. The van der Waals surface area contributed by atoms with Gasteiger partial charge >= 0.3 is 0 Å². The average molecular weight is 385 g/mol. The van der Waals surface area contributed by atoms with Crippen LogP contribution in [0, 0.1) is 0 Å². The van der Waals surface area contributed by atoms with Crippen LogP contribution in [-0.4, -0.2) is 17.9 Å². The number of benzene rings is 1. The molecular formula is C13H11Br2N3O. The molecule has 2 N–H and O–H groups in total. The van der Waals surface area contributed by atoms with Crippen molar-refractivity contribution in [3.63, 3.8) is 0 Å². The molecule has 0 fully saturated rings. The summed E-state index contributed by atoms with van der Waals surface area (Å²) in [6, 6.07) is 8.96. The summed E-state index contributed by atoms with van der Waals surface area (Å²) in [6.45, 7) is 0. The van der Waals surface area contributed by atoms with Gasteiger partial charge in [0.1, 0.15) is 5.82 Å². The number of nitrogens with zero attached hydrogens (tertiary/aromatic N) is 1. The van der Waals surface area contributed by atoms with Crippen LogP contribution in [0.5, 0.6) is 0 Å². The van der Waals surface area contributed by atoms with Gasteiger partial charge in [0.05, 0.1) is 5.69 Å². The number of carbonyl (C=O) groups excluding carboxylic acids is 1. The van der Waals surface area contributed by atoms with Crippen LogP contribution in [0.25, 0.3) is 0 Å². The predicted molar refractivity (Wildman–Crippen MR) is 83.6 cm³/mol. The molecule has 0 atom stereocenters. The topological polar surface area (TPSA) is 54.0 Å². The van der Waals surface area contributed by atoms with Gasteiger partial charge in [-0.15, -0.1) is 0 Å². The van der Waals surface area contributed by atoms with Crippen LogP contribution < -0.4 is 10.6 Å². The van der Waals surface area contributed by atoms with Crippen molar-refractivity contribution in [3.8, 4) is 0 Å². The first kappa shape index (κ1) is 14.0. The number of hydrogen-bond donors (Lipinski definition) is 2. The Hall–Kier alpha value is -1.40. The van der Waals surface area contributed by atoms with Crippen molar-refractivity contribution in [2.45, 2.75) is 0 Å².